The number of carbonyl (C=O) groups is 1. The normalized spacial score (nSPS) is 17.0. The van der Waals surface area contributed by atoms with E-state index in [0.29, 0.717) is 18.3 Å². The Morgan fingerprint density at radius 3 is 2.48 bits per heavy atom. The smallest absolute Gasteiger partial charge is 0.264 e. The molecule has 0 spiro atoms. The van der Waals surface area contributed by atoms with Crippen molar-refractivity contribution in [3.8, 4) is 0 Å². The summed E-state index contributed by atoms with van der Waals surface area (Å²) in [6.45, 7) is 6.29. The number of sulfonamides is 1. The maximum absolute atomic E-state index is 13.3. The van der Waals surface area contributed by atoms with E-state index in [-0.39, 0.29) is 17.3 Å². The van der Waals surface area contributed by atoms with E-state index in [1.165, 1.54) is 31.4 Å². The van der Waals surface area contributed by atoms with Crippen molar-refractivity contribution in [3.63, 3.8) is 0 Å². The molecule has 180 valence electrons. The first-order chi connectivity index (χ1) is 15.8. The highest BCUT2D eigenvalue weighted by atomic mass is 32.2. The summed E-state index contributed by atoms with van der Waals surface area (Å²) in [6.07, 6.45) is 5.69. The number of nitrogens with zero attached hydrogens (tertiary/aromatic N) is 2. The van der Waals surface area contributed by atoms with Crippen LogP contribution in [0, 0.1) is 12.7 Å². The molecular formula is C25H34FN3O3S. The molecule has 0 aliphatic carbocycles. The minimum Gasteiger partial charge on any atom is -0.354 e. The van der Waals surface area contributed by atoms with Gasteiger partial charge in [0.15, 0.2) is 0 Å². The average Bonchev–Trinajstić information content (AvgIpc) is 2.81. The van der Waals surface area contributed by atoms with E-state index in [4.69, 9.17) is 0 Å². The van der Waals surface area contributed by atoms with Gasteiger partial charge in [-0.25, -0.2) is 12.8 Å². The maximum Gasteiger partial charge on any atom is 0.264 e. The third-order valence-electron chi connectivity index (χ3n) is 6.18. The number of hydrogen-bond acceptors (Lipinski definition) is 4. The number of anilines is 1. The Bertz CT molecular complexity index is 1010. The highest BCUT2D eigenvalue weighted by Gasteiger charge is 2.27. The minimum atomic E-state index is -4.04. The minimum absolute atomic E-state index is 0.0621. The van der Waals surface area contributed by atoms with Crippen LogP contribution in [0.25, 0.3) is 0 Å². The molecule has 2 aromatic carbocycles. The fourth-order valence-electron chi connectivity index (χ4n) is 4.27. The lowest BCUT2D eigenvalue weighted by Gasteiger charge is -2.35. The van der Waals surface area contributed by atoms with Gasteiger partial charge < -0.3 is 10.2 Å². The molecule has 6 nitrogen and oxygen atoms in total. The summed E-state index contributed by atoms with van der Waals surface area (Å²) in [5.74, 6) is -0.889. The van der Waals surface area contributed by atoms with Crippen LogP contribution >= 0.6 is 0 Å². The zero-order chi connectivity index (χ0) is 23.8. The maximum atomic E-state index is 13.3. The zero-order valence-electron chi connectivity index (χ0n) is 19.5. The summed E-state index contributed by atoms with van der Waals surface area (Å²) in [7, 11) is -4.04. The number of carbonyl (C=O) groups excluding carboxylic acids is 1. The molecule has 3 rings (SSSR count). The molecule has 0 bridgehead atoms. The molecule has 0 radical (unpaired) electrons. The second-order valence-electron chi connectivity index (χ2n) is 8.60. The van der Waals surface area contributed by atoms with E-state index >= 15 is 0 Å². The van der Waals surface area contributed by atoms with Crippen molar-refractivity contribution >= 4 is 21.6 Å². The number of benzene rings is 2. The first-order valence-corrected chi connectivity index (χ1v) is 13.1. The van der Waals surface area contributed by atoms with Gasteiger partial charge >= 0.3 is 0 Å². The quantitative estimate of drug-likeness (QED) is 0.526. The number of likely N-dealkylation sites (tertiary alicyclic amines) is 1. The van der Waals surface area contributed by atoms with E-state index in [1.807, 2.05) is 6.92 Å². The van der Waals surface area contributed by atoms with E-state index in [0.717, 1.165) is 47.9 Å². The molecule has 33 heavy (non-hydrogen) atoms. The summed E-state index contributed by atoms with van der Waals surface area (Å²) in [5, 5.41) is 2.87. The Hall–Kier alpha value is -2.45. The van der Waals surface area contributed by atoms with Crippen LogP contribution in [-0.4, -0.2) is 51.4 Å². The second kappa shape index (κ2) is 11.6. The first-order valence-electron chi connectivity index (χ1n) is 11.7. The van der Waals surface area contributed by atoms with Gasteiger partial charge in [-0.2, -0.15) is 0 Å². The molecule has 1 saturated heterocycles. The van der Waals surface area contributed by atoms with Crippen LogP contribution in [0.3, 0.4) is 0 Å². The molecule has 2 aromatic rings. The molecule has 1 aliphatic heterocycles. The molecule has 1 N–H and O–H groups in total. The standard InChI is InChI=1S/C25H34FN3O3S/c1-3-22-7-4-5-17-28(22)18-6-16-27-25(30)19-29(23-12-8-20(2)9-13-23)33(31,32)24-14-10-21(26)11-15-24/h8-15,22H,3-7,16-19H2,1-2H3,(H,27,30). The van der Waals surface area contributed by atoms with E-state index < -0.39 is 15.8 Å². The third kappa shape index (κ3) is 6.77. The summed E-state index contributed by atoms with van der Waals surface area (Å²) < 4.78 is 41.0. The largest absolute Gasteiger partial charge is 0.354 e. The Morgan fingerprint density at radius 1 is 1.12 bits per heavy atom. The monoisotopic (exact) mass is 475 g/mol. The van der Waals surface area contributed by atoms with Crippen LogP contribution in [0.4, 0.5) is 10.1 Å². The van der Waals surface area contributed by atoms with Crippen LogP contribution in [0.2, 0.25) is 0 Å². The topological polar surface area (TPSA) is 69.7 Å². The molecule has 1 atom stereocenters. The molecule has 0 aromatic heterocycles. The molecule has 8 heteroatoms. The van der Waals surface area contributed by atoms with Gasteiger partial charge in [-0.1, -0.05) is 31.0 Å². The number of rotatable bonds is 10. The van der Waals surface area contributed by atoms with Crippen LogP contribution in [0.1, 0.15) is 44.6 Å². The number of piperidine rings is 1. The van der Waals surface area contributed by atoms with Gasteiger partial charge in [0.25, 0.3) is 10.0 Å². The van der Waals surface area contributed by atoms with Gasteiger partial charge in [0.1, 0.15) is 12.4 Å². The Kier molecular flexibility index (Phi) is 8.86. The SMILES string of the molecule is CCC1CCCCN1CCCNC(=O)CN(c1ccc(C)cc1)S(=O)(=O)c1ccc(F)cc1. The summed E-state index contributed by atoms with van der Waals surface area (Å²) >= 11 is 0. The van der Waals surface area contributed by atoms with Crippen molar-refractivity contribution in [3.05, 3.63) is 59.9 Å². The molecule has 1 aliphatic rings. The number of hydrogen-bond donors (Lipinski definition) is 1. The molecule has 1 amide bonds. The van der Waals surface area contributed by atoms with E-state index in [9.17, 15) is 17.6 Å². The average molecular weight is 476 g/mol. The van der Waals surface area contributed by atoms with Crippen LogP contribution in [0.15, 0.2) is 53.4 Å². The predicted octanol–water partition coefficient (Wildman–Crippen LogP) is 4.10. The predicted molar refractivity (Wildman–Crippen MR) is 129 cm³/mol. The summed E-state index contributed by atoms with van der Waals surface area (Å²) in [6, 6.07) is 12.2. The molecule has 1 heterocycles. The van der Waals surface area contributed by atoms with Gasteiger partial charge in [-0.15, -0.1) is 0 Å². The summed E-state index contributed by atoms with van der Waals surface area (Å²) in [4.78, 5) is 15.1. The van der Waals surface area contributed by atoms with Gasteiger partial charge in [0.2, 0.25) is 5.91 Å². The number of amides is 1. The molecule has 1 fully saturated rings. The van der Waals surface area contributed by atoms with E-state index in [1.54, 1.807) is 24.3 Å². The van der Waals surface area contributed by atoms with Crippen molar-refractivity contribution in [2.45, 2.75) is 56.9 Å². The zero-order valence-corrected chi connectivity index (χ0v) is 20.3. The van der Waals surface area contributed by atoms with Gasteiger partial charge in [0, 0.05) is 19.1 Å². The lowest BCUT2D eigenvalue weighted by molar-refractivity contribution is -0.119. The van der Waals surface area contributed by atoms with Crippen molar-refractivity contribution < 1.29 is 17.6 Å². The van der Waals surface area contributed by atoms with Gasteiger partial charge in [-0.3, -0.25) is 9.10 Å². The second-order valence-corrected chi connectivity index (χ2v) is 10.5. The van der Waals surface area contributed by atoms with Crippen LogP contribution in [-0.2, 0) is 14.8 Å². The molecule has 0 saturated carbocycles. The lowest BCUT2D eigenvalue weighted by Crippen LogP contribution is -2.43. The Labute approximate surface area is 196 Å². The number of aryl methyl sites for hydroxylation is 1. The third-order valence-corrected chi connectivity index (χ3v) is 7.96. The fraction of sp³-hybridized carbons (Fsp3) is 0.480. The van der Waals surface area contributed by atoms with Crippen molar-refractivity contribution in [2.24, 2.45) is 0 Å². The Morgan fingerprint density at radius 2 is 1.82 bits per heavy atom. The highest BCUT2D eigenvalue weighted by molar-refractivity contribution is 7.92. The molecule has 1 unspecified atom stereocenters. The number of halogens is 1. The molecular weight excluding hydrogens is 441 g/mol. The van der Waals surface area contributed by atoms with Gasteiger partial charge in [0.05, 0.1) is 10.6 Å². The Balaban J connectivity index is 1.65. The van der Waals surface area contributed by atoms with Crippen LogP contribution in [0.5, 0.6) is 0 Å². The summed E-state index contributed by atoms with van der Waals surface area (Å²) in [5.41, 5.74) is 1.37. The fourth-order valence-corrected chi connectivity index (χ4v) is 5.69. The van der Waals surface area contributed by atoms with Crippen molar-refractivity contribution in [2.75, 3.05) is 30.5 Å². The van der Waals surface area contributed by atoms with Crippen LogP contribution < -0.4 is 9.62 Å². The first kappa shape index (κ1) is 25.2. The van der Waals surface area contributed by atoms with Gasteiger partial charge in [-0.05, 0) is 75.5 Å². The number of nitrogens with one attached hydrogen (secondary N) is 1. The van der Waals surface area contributed by atoms with Crippen molar-refractivity contribution in [1.29, 1.82) is 0 Å². The van der Waals surface area contributed by atoms with Crippen molar-refractivity contribution in [1.82, 2.24) is 10.2 Å². The highest BCUT2D eigenvalue weighted by Crippen LogP contribution is 2.24. The van der Waals surface area contributed by atoms with E-state index in [2.05, 4.69) is 17.1 Å². The lowest BCUT2D eigenvalue weighted by atomic mass is 10.00.